The number of hydrogen-bond donors (Lipinski definition) is 3. The topological polar surface area (TPSA) is 73.7 Å². The van der Waals surface area contributed by atoms with Crippen molar-refractivity contribution in [3.05, 3.63) is 64.4 Å². The number of hydrogen-bond acceptors (Lipinski definition) is 2. The van der Waals surface area contributed by atoms with Gasteiger partial charge in [0, 0.05) is 22.3 Å². The minimum absolute atomic E-state index is 0.00737. The van der Waals surface area contributed by atoms with E-state index in [0.717, 1.165) is 36.4 Å². The Hall–Kier alpha value is -2.65. The first-order chi connectivity index (χ1) is 14.6. The van der Waals surface area contributed by atoms with Crippen molar-refractivity contribution < 1.29 is 27.5 Å². The van der Waals surface area contributed by atoms with Crippen LogP contribution in [-0.4, -0.2) is 29.1 Å². The SMILES string of the molecule is O=C(/N=C(/Nc1cc(F)cc(Cl)c1)N[C@H]1CC[C@H](O)CC1)c1ccc(C(F)(F)F)cc1. The third kappa shape index (κ3) is 6.67. The summed E-state index contributed by atoms with van der Waals surface area (Å²) in [7, 11) is 0. The highest BCUT2D eigenvalue weighted by Gasteiger charge is 2.30. The molecule has 166 valence electrons. The number of amides is 1. The average Bonchev–Trinajstić information content (AvgIpc) is 2.68. The van der Waals surface area contributed by atoms with Gasteiger partial charge in [-0.1, -0.05) is 11.6 Å². The van der Waals surface area contributed by atoms with Crippen LogP contribution in [0.2, 0.25) is 5.02 Å². The third-order valence-electron chi connectivity index (χ3n) is 4.84. The smallest absolute Gasteiger partial charge is 0.393 e. The predicted octanol–water partition coefficient (Wildman–Crippen LogP) is 5.00. The molecule has 10 heteroatoms. The number of aliphatic hydroxyl groups excluding tert-OH is 1. The molecule has 5 nitrogen and oxygen atoms in total. The monoisotopic (exact) mass is 457 g/mol. The van der Waals surface area contributed by atoms with Gasteiger partial charge in [-0.25, -0.2) is 4.39 Å². The second-order valence-corrected chi connectivity index (χ2v) is 7.71. The van der Waals surface area contributed by atoms with E-state index in [1.807, 2.05) is 0 Å². The summed E-state index contributed by atoms with van der Waals surface area (Å²) in [4.78, 5) is 16.5. The summed E-state index contributed by atoms with van der Waals surface area (Å²) in [5, 5.41) is 15.7. The first-order valence-electron chi connectivity index (χ1n) is 9.58. The molecule has 3 rings (SSSR count). The van der Waals surface area contributed by atoms with Crippen LogP contribution < -0.4 is 10.6 Å². The van der Waals surface area contributed by atoms with Crippen molar-refractivity contribution in [3.63, 3.8) is 0 Å². The normalized spacial score (nSPS) is 19.7. The number of carbonyl (C=O) groups excluding carboxylic acids is 1. The summed E-state index contributed by atoms with van der Waals surface area (Å²) in [5.74, 6) is -1.36. The summed E-state index contributed by atoms with van der Waals surface area (Å²) >= 11 is 5.87. The molecule has 2 aromatic carbocycles. The Morgan fingerprint density at radius 1 is 1.06 bits per heavy atom. The van der Waals surface area contributed by atoms with Crippen molar-refractivity contribution in [2.24, 2.45) is 4.99 Å². The fraction of sp³-hybridized carbons (Fsp3) is 0.333. The quantitative estimate of drug-likeness (QED) is 0.344. The van der Waals surface area contributed by atoms with Gasteiger partial charge in [-0.15, -0.1) is 0 Å². The molecule has 0 atom stereocenters. The number of anilines is 1. The molecule has 0 aliphatic heterocycles. The van der Waals surface area contributed by atoms with Crippen LogP contribution in [-0.2, 0) is 6.18 Å². The van der Waals surface area contributed by atoms with Gasteiger partial charge in [0.2, 0.25) is 5.96 Å². The van der Waals surface area contributed by atoms with Crippen LogP contribution in [0, 0.1) is 5.82 Å². The van der Waals surface area contributed by atoms with Crippen LogP contribution in [0.25, 0.3) is 0 Å². The van der Waals surface area contributed by atoms with Crippen molar-refractivity contribution in [1.82, 2.24) is 5.32 Å². The molecule has 1 amide bonds. The van der Waals surface area contributed by atoms with E-state index in [1.165, 1.54) is 6.07 Å². The molecule has 3 N–H and O–H groups in total. The molecule has 0 aromatic heterocycles. The van der Waals surface area contributed by atoms with Crippen LogP contribution in [0.3, 0.4) is 0 Å². The molecule has 31 heavy (non-hydrogen) atoms. The van der Waals surface area contributed by atoms with Crippen LogP contribution in [0.4, 0.5) is 23.2 Å². The number of carbonyl (C=O) groups is 1. The maximum absolute atomic E-state index is 13.7. The van der Waals surface area contributed by atoms with Gasteiger partial charge >= 0.3 is 6.18 Å². The summed E-state index contributed by atoms with van der Waals surface area (Å²) in [6.07, 6.45) is -2.50. The molecule has 1 saturated carbocycles. The van der Waals surface area contributed by atoms with Gasteiger partial charge in [-0.05, 0) is 68.1 Å². The van der Waals surface area contributed by atoms with Crippen molar-refractivity contribution in [3.8, 4) is 0 Å². The van der Waals surface area contributed by atoms with Gasteiger partial charge in [0.05, 0.1) is 11.7 Å². The minimum Gasteiger partial charge on any atom is -0.393 e. The number of guanidine groups is 1. The van der Waals surface area contributed by atoms with Crippen LogP contribution in [0.5, 0.6) is 0 Å². The van der Waals surface area contributed by atoms with E-state index in [9.17, 15) is 27.5 Å². The number of benzene rings is 2. The Labute approximate surface area is 181 Å². The van der Waals surface area contributed by atoms with Gasteiger partial charge < -0.3 is 15.7 Å². The van der Waals surface area contributed by atoms with E-state index < -0.39 is 23.5 Å². The standard InChI is InChI=1S/C21H20ClF4N3O2/c22-14-9-15(23)11-17(10-14)28-20(27-16-5-7-18(30)8-6-16)29-19(31)12-1-3-13(4-2-12)21(24,25)26/h1-4,9-11,16,18,30H,5-8H2,(H2,27,28,29,31)/t16-,18-. The highest BCUT2D eigenvalue weighted by Crippen LogP contribution is 2.29. The lowest BCUT2D eigenvalue weighted by molar-refractivity contribution is -0.137. The highest BCUT2D eigenvalue weighted by atomic mass is 35.5. The van der Waals surface area contributed by atoms with E-state index >= 15 is 0 Å². The Bertz CT molecular complexity index is 936. The maximum atomic E-state index is 13.7. The molecule has 2 aromatic rings. The Morgan fingerprint density at radius 3 is 2.29 bits per heavy atom. The van der Waals surface area contributed by atoms with Gasteiger partial charge in [0.15, 0.2) is 0 Å². The maximum Gasteiger partial charge on any atom is 0.416 e. The zero-order valence-electron chi connectivity index (χ0n) is 16.2. The number of aliphatic imine (C=N–C) groups is 1. The van der Waals surface area contributed by atoms with Crippen LogP contribution >= 0.6 is 11.6 Å². The van der Waals surface area contributed by atoms with E-state index in [1.54, 1.807) is 0 Å². The first kappa shape index (κ1) is 23.0. The van der Waals surface area contributed by atoms with Crippen LogP contribution in [0.15, 0.2) is 47.5 Å². The molecular weight excluding hydrogens is 438 g/mol. The van der Waals surface area contributed by atoms with Crippen molar-refractivity contribution >= 4 is 29.2 Å². The van der Waals surface area contributed by atoms with Gasteiger partial charge in [0.25, 0.3) is 5.91 Å². The molecule has 1 aliphatic carbocycles. The van der Waals surface area contributed by atoms with E-state index in [4.69, 9.17) is 11.6 Å². The second kappa shape index (κ2) is 9.65. The lowest BCUT2D eigenvalue weighted by Crippen LogP contribution is -2.42. The summed E-state index contributed by atoms with van der Waals surface area (Å²) in [6, 6.07) is 7.32. The Morgan fingerprint density at radius 2 is 1.71 bits per heavy atom. The zero-order valence-corrected chi connectivity index (χ0v) is 17.0. The molecule has 1 aliphatic rings. The van der Waals surface area contributed by atoms with E-state index in [2.05, 4.69) is 15.6 Å². The van der Waals surface area contributed by atoms with Crippen molar-refractivity contribution in [2.45, 2.75) is 44.0 Å². The van der Waals surface area contributed by atoms with E-state index in [-0.39, 0.29) is 34.4 Å². The molecule has 0 spiro atoms. The number of halogens is 5. The molecular formula is C21H20ClF4N3O2. The summed E-state index contributed by atoms with van der Waals surface area (Å²) in [5.41, 5.74) is -0.669. The largest absolute Gasteiger partial charge is 0.416 e. The van der Waals surface area contributed by atoms with Crippen molar-refractivity contribution in [2.75, 3.05) is 5.32 Å². The van der Waals surface area contributed by atoms with Gasteiger partial charge in [-0.3, -0.25) is 4.79 Å². The van der Waals surface area contributed by atoms with E-state index in [0.29, 0.717) is 25.7 Å². The fourth-order valence-corrected chi connectivity index (χ4v) is 3.46. The number of nitrogens with zero attached hydrogens (tertiary/aromatic N) is 1. The highest BCUT2D eigenvalue weighted by molar-refractivity contribution is 6.31. The summed E-state index contributed by atoms with van der Waals surface area (Å²) in [6.45, 7) is 0. The predicted molar refractivity (Wildman–Crippen MR) is 110 cm³/mol. The number of aliphatic hydroxyl groups is 1. The molecule has 0 saturated heterocycles. The number of nitrogens with one attached hydrogen (secondary N) is 2. The lowest BCUT2D eigenvalue weighted by Gasteiger charge is -2.27. The van der Waals surface area contributed by atoms with Crippen molar-refractivity contribution in [1.29, 1.82) is 0 Å². The summed E-state index contributed by atoms with van der Waals surface area (Å²) < 4.78 is 51.9. The fourth-order valence-electron chi connectivity index (χ4n) is 3.24. The Balaban J connectivity index is 1.83. The third-order valence-corrected chi connectivity index (χ3v) is 5.05. The molecule has 0 unspecified atom stereocenters. The zero-order chi connectivity index (χ0) is 22.6. The second-order valence-electron chi connectivity index (χ2n) is 7.27. The molecule has 0 heterocycles. The molecule has 1 fully saturated rings. The lowest BCUT2D eigenvalue weighted by atomic mass is 9.93. The first-order valence-corrected chi connectivity index (χ1v) is 9.96. The minimum atomic E-state index is -4.51. The molecule has 0 radical (unpaired) electrons. The number of alkyl halides is 3. The Kier molecular flexibility index (Phi) is 7.17. The van der Waals surface area contributed by atoms with Gasteiger partial charge in [-0.2, -0.15) is 18.2 Å². The van der Waals surface area contributed by atoms with Gasteiger partial charge in [0.1, 0.15) is 5.82 Å². The average molecular weight is 458 g/mol. The van der Waals surface area contributed by atoms with Crippen LogP contribution in [0.1, 0.15) is 41.6 Å². The number of rotatable bonds is 3. The molecule has 0 bridgehead atoms.